The molecule has 1 aromatic rings. The Balaban J connectivity index is 2.28. The summed E-state index contributed by atoms with van der Waals surface area (Å²) in [5.74, 6) is -0.318. The Bertz CT molecular complexity index is 544. The fraction of sp³-hybridized carbons (Fsp3) is 0.467. The fourth-order valence-corrected chi connectivity index (χ4v) is 2.38. The van der Waals surface area contributed by atoms with E-state index in [0.717, 1.165) is 0 Å². The third-order valence-corrected chi connectivity index (χ3v) is 3.25. The van der Waals surface area contributed by atoms with Crippen LogP contribution in [0.2, 0.25) is 0 Å². The van der Waals surface area contributed by atoms with E-state index in [1.54, 1.807) is 36.2 Å². The normalized spacial score (nSPS) is 17.1. The molecule has 1 atom stereocenters. The van der Waals surface area contributed by atoms with Crippen LogP contribution >= 0.6 is 0 Å². The van der Waals surface area contributed by atoms with Crippen molar-refractivity contribution in [2.24, 2.45) is 5.92 Å². The third kappa shape index (κ3) is 3.26. The van der Waals surface area contributed by atoms with Crippen LogP contribution in [0.5, 0.6) is 5.75 Å². The lowest BCUT2D eigenvalue weighted by Gasteiger charge is -2.35. The van der Waals surface area contributed by atoms with Crippen LogP contribution in [-0.4, -0.2) is 48.2 Å². The summed E-state index contributed by atoms with van der Waals surface area (Å²) in [5, 5.41) is 9.17. The second-order valence-electron chi connectivity index (χ2n) is 5.58. The fourth-order valence-electron chi connectivity index (χ4n) is 2.38. The predicted molar refractivity (Wildman–Crippen MR) is 78.7 cm³/mol. The first kappa shape index (κ1) is 15.2. The quantitative estimate of drug-likeness (QED) is 0.925. The molecule has 2 amide bonds. The Morgan fingerprint density at radius 1 is 1.43 bits per heavy atom. The largest absolute Gasteiger partial charge is 0.478 e. The zero-order valence-corrected chi connectivity index (χ0v) is 12.4. The number of carboxylic acids is 1. The zero-order valence-electron chi connectivity index (χ0n) is 12.4. The highest BCUT2D eigenvalue weighted by molar-refractivity contribution is 5.95. The van der Waals surface area contributed by atoms with Crippen molar-refractivity contribution in [2.45, 2.75) is 20.0 Å². The van der Waals surface area contributed by atoms with Crippen molar-refractivity contribution in [2.75, 3.05) is 25.0 Å². The molecule has 114 valence electrons. The van der Waals surface area contributed by atoms with Gasteiger partial charge in [0.2, 0.25) is 6.10 Å². The van der Waals surface area contributed by atoms with Crippen molar-refractivity contribution in [3.8, 4) is 5.75 Å². The average Bonchev–Trinajstić information content (AvgIpc) is 2.44. The number of aliphatic carboxylic acids is 1. The molecule has 2 rings (SSSR count). The Hall–Kier alpha value is -2.24. The van der Waals surface area contributed by atoms with Crippen LogP contribution in [0.25, 0.3) is 0 Å². The van der Waals surface area contributed by atoms with E-state index in [9.17, 15) is 14.7 Å². The number of carbonyl (C=O) groups excluding carboxylic acids is 1. The molecule has 0 aliphatic carbocycles. The molecule has 1 N–H and O–H groups in total. The predicted octanol–water partition coefficient (Wildman–Crippen LogP) is 2.05. The number of urea groups is 1. The van der Waals surface area contributed by atoms with E-state index in [0.29, 0.717) is 23.9 Å². The highest BCUT2D eigenvalue weighted by Crippen LogP contribution is 2.33. The topological polar surface area (TPSA) is 70.1 Å². The molecule has 1 aliphatic rings. The van der Waals surface area contributed by atoms with Crippen molar-refractivity contribution in [1.82, 2.24) is 4.90 Å². The molecule has 1 aromatic carbocycles. The molecule has 0 radical (unpaired) electrons. The Morgan fingerprint density at radius 3 is 2.71 bits per heavy atom. The summed E-state index contributed by atoms with van der Waals surface area (Å²) in [5.41, 5.74) is 0.607. The van der Waals surface area contributed by atoms with Crippen LogP contribution in [0, 0.1) is 5.92 Å². The average molecular weight is 292 g/mol. The van der Waals surface area contributed by atoms with Crippen LogP contribution in [0.1, 0.15) is 13.8 Å². The third-order valence-electron chi connectivity index (χ3n) is 3.25. The van der Waals surface area contributed by atoms with Gasteiger partial charge in [0.05, 0.1) is 12.2 Å². The molecule has 0 fully saturated rings. The number of hydrogen-bond acceptors (Lipinski definition) is 3. The highest BCUT2D eigenvalue weighted by atomic mass is 16.5. The number of ether oxygens (including phenoxy) is 1. The Morgan fingerprint density at radius 2 is 2.10 bits per heavy atom. The molecule has 1 heterocycles. The van der Waals surface area contributed by atoms with Gasteiger partial charge in [-0.25, -0.2) is 9.59 Å². The second kappa shape index (κ2) is 6.03. The van der Waals surface area contributed by atoms with E-state index in [1.807, 2.05) is 13.8 Å². The lowest BCUT2D eigenvalue weighted by Crippen LogP contribution is -2.51. The summed E-state index contributed by atoms with van der Waals surface area (Å²) in [6.45, 7) is 4.66. The van der Waals surface area contributed by atoms with E-state index in [1.165, 1.54) is 4.90 Å². The standard InChI is InChI=1S/C15H20N2O4/c1-10(2)8-16(3)15(20)17-9-13(14(18)19)21-12-7-5-4-6-11(12)17/h4-7,10,13H,8-9H2,1-3H3,(H,18,19). The van der Waals surface area contributed by atoms with E-state index in [4.69, 9.17) is 4.74 Å². The van der Waals surface area contributed by atoms with Gasteiger partial charge in [-0.15, -0.1) is 0 Å². The van der Waals surface area contributed by atoms with Crippen molar-refractivity contribution >= 4 is 17.7 Å². The smallest absolute Gasteiger partial charge is 0.346 e. The summed E-state index contributed by atoms with van der Waals surface area (Å²) < 4.78 is 5.42. The van der Waals surface area contributed by atoms with Crippen molar-refractivity contribution < 1.29 is 19.4 Å². The molecule has 21 heavy (non-hydrogen) atoms. The van der Waals surface area contributed by atoms with Crippen LogP contribution in [-0.2, 0) is 4.79 Å². The number of carboxylic acid groups (broad SMARTS) is 1. The Labute approximate surface area is 123 Å². The first-order valence-corrected chi connectivity index (χ1v) is 6.91. The molecule has 0 spiro atoms. The SMILES string of the molecule is CC(C)CN(C)C(=O)N1CC(C(=O)O)Oc2ccccc21. The first-order chi connectivity index (χ1) is 9.90. The maximum absolute atomic E-state index is 12.6. The number of nitrogens with zero attached hydrogens (tertiary/aromatic N) is 2. The van der Waals surface area contributed by atoms with E-state index >= 15 is 0 Å². The summed E-state index contributed by atoms with van der Waals surface area (Å²) in [7, 11) is 1.72. The van der Waals surface area contributed by atoms with Crippen LogP contribution < -0.4 is 9.64 Å². The first-order valence-electron chi connectivity index (χ1n) is 6.91. The zero-order chi connectivity index (χ0) is 15.6. The number of amides is 2. The molecule has 0 saturated carbocycles. The number of anilines is 1. The molecular weight excluding hydrogens is 272 g/mol. The number of fused-ring (bicyclic) bond motifs is 1. The minimum atomic E-state index is -1.08. The van der Waals surface area contributed by atoms with Gasteiger partial charge in [0.1, 0.15) is 5.75 Å². The van der Waals surface area contributed by atoms with Gasteiger partial charge in [0, 0.05) is 13.6 Å². The van der Waals surface area contributed by atoms with Gasteiger partial charge in [0.25, 0.3) is 0 Å². The maximum atomic E-state index is 12.6. The second-order valence-corrected chi connectivity index (χ2v) is 5.58. The van der Waals surface area contributed by atoms with E-state index in [-0.39, 0.29) is 12.6 Å². The van der Waals surface area contributed by atoms with Crippen LogP contribution in [0.3, 0.4) is 0 Å². The molecule has 6 nitrogen and oxygen atoms in total. The van der Waals surface area contributed by atoms with Gasteiger partial charge in [-0.1, -0.05) is 26.0 Å². The molecular formula is C15H20N2O4. The van der Waals surface area contributed by atoms with Gasteiger partial charge < -0.3 is 14.7 Å². The summed E-state index contributed by atoms with van der Waals surface area (Å²) >= 11 is 0. The number of rotatable bonds is 3. The lowest BCUT2D eigenvalue weighted by molar-refractivity contribution is -0.144. The van der Waals surface area contributed by atoms with Gasteiger partial charge in [-0.05, 0) is 18.1 Å². The van der Waals surface area contributed by atoms with Gasteiger partial charge in [0.15, 0.2) is 0 Å². The molecule has 0 bridgehead atoms. The number of para-hydroxylation sites is 2. The molecule has 0 saturated heterocycles. The maximum Gasteiger partial charge on any atom is 0.346 e. The monoisotopic (exact) mass is 292 g/mol. The molecule has 6 heteroatoms. The van der Waals surface area contributed by atoms with Gasteiger partial charge >= 0.3 is 12.0 Å². The van der Waals surface area contributed by atoms with Crippen molar-refractivity contribution in [3.63, 3.8) is 0 Å². The van der Waals surface area contributed by atoms with Crippen molar-refractivity contribution in [3.05, 3.63) is 24.3 Å². The summed E-state index contributed by atoms with van der Waals surface area (Å²) in [6.07, 6.45) is -1.05. The summed E-state index contributed by atoms with van der Waals surface area (Å²) in [4.78, 5) is 26.8. The van der Waals surface area contributed by atoms with E-state index in [2.05, 4.69) is 0 Å². The minimum Gasteiger partial charge on any atom is -0.478 e. The van der Waals surface area contributed by atoms with Crippen LogP contribution in [0.15, 0.2) is 24.3 Å². The Kier molecular flexibility index (Phi) is 4.35. The molecule has 1 unspecified atom stereocenters. The van der Waals surface area contributed by atoms with Crippen molar-refractivity contribution in [1.29, 1.82) is 0 Å². The number of hydrogen-bond donors (Lipinski definition) is 1. The minimum absolute atomic E-state index is 0.00755. The molecule has 1 aliphatic heterocycles. The number of benzene rings is 1. The summed E-state index contributed by atoms with van der Waals surface area (Å²) in [6, 6.07) is 6.77. The lowest BCUT2D eigenvalue weighted by atomic mass is 10.2. The van der Waals surface area contributed by atoms with Gasteiger partial charge in [-0.2, -0.15) is 0 Å². The van der Waals surface area contributed by atoms with E-state index < -0.39 is 12.1 Å². The number of carbonyl (C=O) groups is 2. The van der Waals surface area contributed by atoms with Crippen LogP contribution in [0.4, 0.5) is 10.5 Å². The highest BCUT2D eigenvalue weighted by Gasteiger charge is 2.34. The molecule has 0 aromatic heterocycles. The van der Waals surface area contributed by atoms with Gasteiger partial charge in [-0.3, -0.25) is 4.90 Å².